The van der Waals surface area contributed by atoms with Gasteiger partial charge in [-0.25, -0.2) is 4.39 Å². The maximum absolute atomic E-state index is 13.4. The Morgan fingerprint density at radius 1 is 1.60 bits per heavy atom. The third-order valence-electron chi connectivity index (χ3n) is 2.14. The molecule has 0 amide bonds. The zero-order valence-corrected chi connectivity index (χ0v) is 10.1. The minimum absolute atomic E-state index is 0.0316. The number of rotatable bonds is 4. The van der Waals surface area contributed by atoms with Gasteiger partial charge in [0.05, 0.1) is 0 Å². The largest absolute Gasteiger partial charge is 0.309 e. The minimum Gasteiger partial charge on any atom is -0.309 e. The molecule has 0 saturated carbocycles. The number of benzene rings is 1. The molecule has 0 spiro atoms. The van der Waals surface area contributed by atoms with Crippen LogP contribution in [-0.2, 0) is 0 Å². The van der Waals surface area contributed by atoms with Crippen LogP contribution in [0.1, 0.15) is 24.9 Å². The smallest absolute Gasteiger partial charge is 0.128 e. The van der Waals surface area contributed by atoms with Crippen LogP contribution in [0.25, 0.3) is 0 Å². The van der Waals surface area contributed by atoms with Crippen LogP contribution in [0, 0.1) is 18.2 Å². The molecule has 0 aromatic heterocycles. The van der Waals surface area contributed by atoms with Crippen molar-refractivity contribution >= 4 is 15.9 Å². The quantitative estimate of drug-likeness (QED) is 0.654. The van der Waals surface area contributed by atoms with Gasteiger partial charge in [0.15, 0.2) is 0 Å². The molecule has 0 aliphatic heterocycles. The summed E-state index contributed by atoms with van der Waals surface area (Å²) in [5, 5.41) is 3.16. The van der Waals surface area contributed by atoms with Crippen molar-refractivity contribution in [2.45, 2.75) is 19.4 Å². The van der Waals surface area contributed by atoms with E-state index in [1.807, 2.05) is 6.92 Å². The van der Waals surface area contributed by atoms with Crippen LogP contribution < -0.4 is 5.32 Å². The van der Waals surface area contributed by atoms with E-state index in [2.05, 4.69) is 27.2 Å². The first-order valence-electron chi connectivity index (χ1n) is 4.77. The summed E-state index contributed by atoms with van der Waals surface area (Å²) in [5.74, 6) is 2.34. The molecule has 0 saturated heterocycles. The van der Waals surface area contributed by atoms with E-state index in [4.69, 9.17) is 6.42 Å². The number of hydrogen-bond donors (Lipinski definition) is 1. The van der Waals surface area contributed by atoms with Crippen LogP contribution in [0.2, 0.25) is 0 Å². The van der Waals surface area contributed by atoms with Crippen LogP contribution in [0.5, 0.6) is 0 Å². The number of halogens is 2. The normalized spacial score (nSPS) is 12.1. The van der Waals surface area contributed by atoms with Gasteiger partial charge in [0.25, 0.3) is 0 Å². The van der Waals surface area contributed by atoms with Gasteiger partial charge in [-0.1, -0.05) is 15.9 Å². The second kappa shape index (κ2) is 5.89. The molecule has 80 valence electrons. The summed E-state index contributed by atoms with van der Waals surface area (Å²) in [5.41, 5.74) is 0.654. The molecule has 1 nitrogen and oxygen atoms in total. The van der Waals surface area contributed by atoms with Gasteiger partial charge in [-0.15, -0.1) is 12.3 Å². The molecule has 15 heavy (non-hydrogen) atoms. The molecular weight excluding hydrogens is 257 g/mol. The predicted molar refractivity (Wildman–Crippen MR) is 64.0 cm³/mol. The van der Waals surface area contributed by atoms with Gasteiger partial charge >= 0.3 is 0 Å². The SMILES string of the molecule is C#CCCNC(C)c1cc(Br)ccc1F. The van der Waals surface area contributed by atoms with E-state index >= 15 is 0 Å². The Hall–Kier alpha value is -0.850. The summed E-state index contributed by atoms with van der Waals surface area (Å²) in [6.45, 7) is 2.62. The van der Waals surface area contributed by atoms with Crippen LogP contribution in [-0.4, -0.2) is 6.54 Å². The highest BCUT2D eigenvalue weighted by atomic mass is 79.9. The van der Waals surface area contributed by atoms with Crippen LogP contribution in [0.3, 0.4) is 0 Å². The molecule has 0 aliphatic rings. The lowest BCUT2D eigenvalue weighted by molar-refractivity contribution is 0.534. The molecule has 1 N–H and O–H groups in total. The van der Waals surface area contributed by atoms with E-state index in [9.17, 15) is 4.39 Å². The first kappa shape index (κ1) is 12.2. The molecule has 0 bridgehead atoms. The van der Waals surface area contributed by atoms with Crippen molar-refractivity contribution in [1.82, 2.24) is 5.32 Å². The summed E-state index contributed by atoms with van der Waals surface area (Å²) >= 11 is 3.32. The van der Waals surface area contributed by atoms with E-state index in [0.29, 0.717) is 18.5 Å². The standard InChI is InChI=1S/C12H13BrFN/c1-3-4-7-15-9(2)11-8-10(13)5-6-12(11)14/h1,5-6,8-9,15H,4,7H2,2H3. The van der Waals surface area contributed by atoms with Crippen molar-refractivity contribution in [3.63, 3.8) is 0 Å². The van der Waals surface area contributed by atoms with Crippen molar-refractivity contribution in [3.05, 3.63) is 34.1 Å². The zero-order chi connectivity index (χ0) is 11.3. The average molecular weight is 270 g/mol. The monoisotopic (exact) mass is 269 g/mol. The first-order valence-corrected chi connectivity index (χ1v) is 5.56. The van der Waals surface area contributed by atoms with E-state index in [-0.39, 0.29) is 11.9 Å². The lowest BCUT2D eigenvalue weighted by atomic mass is 10.1. The molecule has 0 aliphatic carbocycles. The number of hydrogen-bond acceptors (Lipinski definition) is 1. The fraction of sp³-hybridized carbons (Fsp3) is 0.333. The van der Waals surface area contributed by atoms with E-state index in [1.54, 1.807) is 12.1 Å². The highest BCUT2D eigenvalue weighted by Crippen LogP contribution is 2.21. The molecule has 0 heterocycles. The summed E-state index contributed by atoms with van der Waals surface area (Å²) in [6, 6.07) is 4.89. The second-order valence-corrected chi connectivity index (χ2v) is 4.21. The van der Waals surface area contributed by atoms with Crippen molar-refractivity contribution in [2.75, 3.05) is 6.54 Å². The van der Waals surface area contributed by atoms with Gasteiger partial charge in [0.1, 0.15) is 5.82 Å². The fourth-order valence-electron chi connectivity index (χ4n) is 1.32. The Morgan fingerprint density at radius 3 is 3.00 bits per heavy atom. The molecule has 1 rings (SSSR count). The minimum atomic E-state index is -0.195. The maximum atomic E-state index is 13.4. The molecule has 0 radical (unpaired) electrons. The van der Waals surface area contributed by atoms with Gasteiger partial charge in [-0.2, -0.15) is 0 Å². The third-order valence-corrected chi connectivity index (χ3v) is 2.64. The number of terminal acetylenes is 1. The average Bonchev–Trinajstić information content (AvgIpc) is 2.22. The topological polar surface area (TPSA) is 12.0 Å². The van der Waals surface area contributed by atoms with Crippen molar-refractivity contribution in [1.29, 1.82) is 0 Å². The molecule has 1 aromatic rings. The lowest BCUT2D eigenvalue weighted by Gasteiger charge is -2.14. The molecule has 1 unspecified atom stereocenters. The van der Waals surface area contributed by atoms with Crippen molar-refractivity contribution in [2.24, 2.45) is 0 Å². The molecule has 3 heteroatoms. The summed E-state index contributed by atoms with van der Waals surface area (Å²) in [7, 11) is 0. The zero-order valence-electron chi connectivity index (χ0n) is 8.56. The predicted octanol–water partition coefficient (Wildman–Crippen LogP) is 3.26. The van der Waals surface area contributed by atoms with Crippen LogP contribution in [0.15, 0.2) is 22.7 Å². The summed E-state index contributed by atoms with van der Waals surface area (Å²) in [4.78, 5) is 0. The maximum Gasteiger partial charge on any atom is 0.128 e. The van der Waals surface area contributed by atoms with Crippen LogP contribution >= 0.6 is 15.9 Å². The molecule has 1 aromatic carbocycles. The Bertz CT molecular complexity index is 370. The van der Waals surface area contributed by atoms with Crippen molar-refractivity contribution < 1.29 is 4.39 Å². The summed E-state index contributed by atoms with van der Waals surface area (Å²) in [6.07, 6.45) is 5.79. The van der Waals surface area contributed by atoms with Gasteiger partial charge in [0, 0.05) is 29.0 Å². The van der Waals surface area contributed by atoms with Gasteiger partial charge < -0.3 is 5.32 Å². The lowest BCUT2D eigenvalue weighted by Crippen LogP contribution is -2.20. The van der Waals surface area contributed by atoms with Crippen LogP contribution in [0.4, 0.5) is 4.39 Å². The van der Waals surface area contributed by atoms with E-state index in [0.717, 1.165) is 4.47 Å². The Kier molecular flexibility index (Phi) is 4.80. The Labute approximate surface area is 98.2 Å². The van der Waals surface area contributed by atoms with Gasteiger partial charge in [-0.05, 0) is 25.1 Å². The fourth-order valence-corrected chi connectivity index (χ4v) is 1.70. The molecule has 1 atom stereocenters. The van der Waals surface area contributed by atoms with Gasteiger partial charge in [0.2, 0.25) is 0 Å². The highest BCUT2D eigenvalue weighted by Gasteiger charge is 2.10. The first-order chi connectivity index (χ1) is 7.15. The Morgan fingerprint density at radius 2 is 2.33 bits per heavy atom. The van der Waals surface area contributed by atoms with Crippen molar-refractivity contribution in [3.8, 4) is 12.3 Å². The second-order valence-electron chi connectivity index (χ2n) is 3.30. The van der Waals surface area contributed by atoms with E-state index in [1.165, 1.54) is 6.07 Å². The van der Waals surface area contributed by atoms with E-state index < -0.39 is 0 Å². The third kappa shape index (κ3) is 3.65. The molecular formula is C12H13BrFN. The summed E-state index contributed by atoms with van der Waals surface area (Å²) < 4.78 is 14.3. The number of nitrogens with one attached hydrogen (secondary N) is 1. The Balaban J connectivity index is 2.69. The van der Waals surface area contributed by atoms with Gasteiger partial charge in [-0.3, -0.25) is 0 Å². The molecule has 0 fully saturated rings. The highest BCUT2D eigenvalue weighted by molar-refractivity contribution is 9.10.